The SMILES string of the molecule is c1ccc(-c2nc3ccccc3nc2-c2ccc(-c3ccc(N(c4cccc5ccccc45)c4cccc5ccccc45)cc3)c3oc4ccccc4c23)cc1. The van der Waals surface area contributed by atoms with E-state index in [0.717, 1.165) is 83.7 Å². The quantitative estimate of drug-likeness (QED) is 0.172. The Hall–Kier alpha value is -7.56. The molecule has 11 aromatic rings. The predicted molar refractivity (Wildman–Crippen MR) is 233 cm³/mol. The lowest BCUT2D eigenvalue weighted by molar-refractivity contribution is 0.670. The third-order valence-corrected chi connectivity index (χ3v) is 10.9. The first-order valence-electron chi connectivity index (χ1n) is 18.9. The number of rotatable bonds is 6. The lowest BCUT2D eigenvalue weighted by Gasteiger charge is -2.28. The van der Waals surface area contributed by atoms with Gasteiger partial charge in [0.05, 0.1) is 33.8 Å². The summed E-state index contributed by atoms with van der Waals surface area (Å²) in [5, 5.41) is 6.85. The van der Waals surface area contributed by atoms with Gasteiger partial charge in [-0.3, -0.25) is 0 Å². The van der Waals surface area contributed by atoms with E-state index in [0.29, 0.717) is 0 Å². The van der Waals surface area contributed by atoms with Crippen molar-refractivity contribution >= 4 is 71.6 Å². The Morgan fingerprint density at radius 2 is 0.911 bits per heavy atom. The fraction of sp³-hybridized carbons (Fsp3) is 0. The lowest BCUT2D eigenvalue weighted by atomic mass is 9.94. The van der Waals surface area contributed by atoms with E-state index in [1.807, 2.05) is 54.6 Å². The van der Waals surface area contributed by atoms with Crippen molar-refractivity contribution < 1.29 is 4.42 Å². The van der Waals surface area contributed by atoms with E-state index in [9.17, 15) is 0 Å². The van der Waals surface area contributed by atoms with Crippen molar-refractivity contribution in [3.05, 3.63) is 200 Å². The van der Waals surface area contributed by atoms with Crippen molar-refractivity contribution in [1.29, 1.82) is 0 Å². The van der Waals surface area contributed by atoms with Crippen molar-refractivity contribution in [3.63, 3.8) is 0 Å². The summed E-state index contributed by atoms with van der Waals surface area (Å²) in [6.07, 6.45) is 0. The highest BCUT2D eigenvalue weighted by molar-refractivity contribution is 6.17. The molecule has 4 nitrogen and oxygen atoms in total. The molecule has 9 aromatic carbocycles. The molecule has 0 spiro atoms. The molecule has 0 fully saturated rings. The largest absolute Gasteiger partial charge is 0.455 e. The molecule has 56 heavy (non-hydrogen) atoms. The fourth-order valence-corrected chi connectivity index (χ4v) is 8.24. The third kappa shape index (κ3) is 5.23. The zero-order valence-electron chi connectivity index (χ0n) is 30.3. The molecule has 262 valence electrons. The summed E-state index contributed by atoms with van der Waals surface area (Å²) in [5.74, 6) is 0. The fourth-order valence-electron chi connectivity index (χ4n) is 8.24. The first-order chi connectivity index (χ1) is 27.8. The second-order valence-corrected chi connectivity index (χ2v) is 14.1. The number of para-hydroxylation sites is 3. The maximum atomic E-state index is 6.79. The molecule has 0 amide bonds. The molecule has 0 atom stereocenters. The lowest BCUT2D eigenvalue weighted by Crippen LogP contribution is -2.11. The summed E-state index contributed by atoms with van der Waals surface area (Å²) in [6.45, 7) is 0. The highest BCUT2D eigenvalue weighted by Crippen LogP contribution is 2.46. The number of benzene rings is 9. The van der Waals surface area contributed by atoms with Crippen LogP contribution in [0.1, 0.15) is 0 Å². The smallest absolute Gasteiger partial charge is 0.143 e. The number of hydrogen-bond acceptors (Lipinski definition) is 4. The van der Waals surface area contributed by atoms with Crippen LogP contribution in [0.3, 0.4) is 0 Å². The van der Waals surface area contributed by atoms with Crippen molar-refractivity contribution in [2.45, 2.75) is 0 Å². The van der Waals surface area contributed by atoms with Gasteiger partial charge in [-0.1, -0.05) is 152 Å². The first-order valence-corrected chi connectivity index (χ1v) is 18.9. The van der Waals surface area contributed by atoms with Gasteiger partial charge in [0.15, 0.2) is 0 Å². The molecule has 0 unspecified atom stereocenters. The normalized spacial score (nSPS) is 11.6. The molecule has 0 aliphatic carbocycles. The van der Waals surface area contributed by atoms with E-state index in [2.05, 4.69) is 150 Å². The van der Waals surface area contributed by atoms with Gasteiger partial charge in [0, 0.05) is 43.9 Å². The average Bonchev–Trinajstić information content (AvgIpc) is 3.66. The minimum absolute atomic E-state index is 0.824. The molecular formula is C52H33N3O. The highest BCUT2D eigenvalue weighted by atomic mass is 16.3. The minimum atomic E-state index is 0.824. The van der Waals surface area contributed by atoms with Gasteiger partial charge in [0.1, 0.15) is 11.2 Å². The predicted octanol–water partition coefficient (Wildman–Crippen LogP) is 14.3. The van der Waals surface area contributed by atoms with Crippen molar-refractivity contribution in [3.8, 4) is 33.6 Å². The molecule has 0 saturated carbocycles. The summed E-state index contributed by atoms with van der Waals surface area (Å²) in [5.41, 5.74) is 12.4. The van der Waals surface area contributed by atoms with Crippen molar-refractivity contribution in [2.75, 3.05) is 4.90 Å². The summed E-state index contributed by atoms with van der Waals surface area (Å²) in [7, 11) is 0. The van der Waals surface area contributed by atoms with Gasteiger partial charge >= 0.3 is 0 Å². The summed E-state index contributed by atoms with van der Waals surface area (Å²) >= 11 is 0. The average molecular weight is 716 g/mol. The summed E-state index contributed by atoms with van der Waals surface area (Å²) in [6, 6.07) is 70.2. The van der Waals surface area contributed by atoms with Gasteiger partial charge in [-0.2, -0.15) is 0 Å². The van der Waals surface area contributed by atoms with E-state index in [1.54, 1.807) is 0 Å². The van der Waals surface area contributed by atoms with Crippen LogP contribution in [0, 0.1) is 0 Å². The van der Waals surface area contributed by atoms with Gasteiger partial charge in [-0.05, 0) is 64.9 Å². The van der Waals surface area contributed by atoms with Gasteiger partial charge in [0.25, 0.3) is 0 Å². The Morgan fingerprint density at radius 1 is 0.375 bits per heavy atom. The van der Waals surface area contributed by atoms with Crippen LogP contribution in [0.15, 0.2) is 205 Å². The van der Waals surface area contributed by atoms with Crippen LogP contribution < -0.4 is 4.90 Å². The Balaban J connectivity index is 1.11. The number of hydrogen-bond donors (Lipinski definition) is 0. The second kappa shape index (κ2) is 13.1. The Bertz CT molecular complexity index is 3170. The van der Waals surface area contributed by atoms with E-state index in [-0.39, 0.29) is 0 Å². The van der Waals surface area contributed by atoms with Crippen molar-refractivity contribution in [2.24, 2.45) is 0 Å². The molecule has 2 aromatic heterocycles. The number of fused-ring (bicyclic) bond motifs is 6. The number of anilines is 3. The maximum Gasteiger partial charge on any atom is 0.143 e. The standard InChI is InChI=1S/C52H33N3O/c1-2-16-37(17-3-1)50-51(54-45-24-10-9-23-44(45)53-50)43-33-32-41(52-49(43)42-22-8-11-27-48(42)56-52)36-28-30-38(31-29-36)55(46-25-12-18-34-14-4-6-20-39(34)46)47-26-13-19-35-15-5-7-21-40(35)47/h1-33H. The van der Waals surface area contributed by atoms with Crippen LogP contribution in [0.5, 0.6) is 0 Å². The molecule has 0 N–H and O–H groups in total. The highest BCUT2D eigenvalue weighted by Gasteiger charge is 2.23. The van der Waals surface area contributed by atoms with Gasteiger partial charge in [-0.15, -0.1) is 0 Å². The minimum Gasteiger partial charge on any atom is -0.455 e. The Kier molecular flexibility index (Phi) is 7.46. The molecule has 0 bridgehead atoms. The Labute approximate surface area is 323 Å². The Morgan fingerprint density at radius 3 is 1.59 bits per heavy atom. The maximum absolute atomic E-state index is 6.79. The van der Waals surface area contributed by atoms with Crippen LogP contribution in [-0.2, 0) is 0 Å². The molecule has 0 saturated heterocycles. The van der Waals surface area contributed by atoms with E-state index >= 15 is 0 Å². The van der Waals surface area contributed by atoms with Crippen LogP contribution in [0.2, 0.25) is 0 Å². The van der Waals surface area contributed by atoms with Gasteiger partial charge in [-0.25, -0.2) is 9.97 Å². The molecule has 0 radical (unpaired) electrons. The van der Waals surface area contributed by atoms with Crippen molar-refractivity contribution in [1.82, 2.24) is 9.97 Å². The molecular weight excluding hydrogens is 683 g/mol. The summed E-state index contributed by atoms with van der Waals surface area (Å²) in [4.78, 5) is 12.9. The molecule has 0 aliphatic rings. The first kappa shape index (κ1) is 31.9. The monoisotopic (exact) mass is 715 g/mol. The van der Waals surface area contributed by atoms with Gasteiger partial charge in [0.2, 0.25) is 0 Å². The van der Waals surface area contributed by atoms with Crippen LogP contribution in [-0.4, -0.2) is 9.97 Å². The molecule has 4 heteroatoms. The van der Waals surface area contributed by atoms with E-state index in [4.69, 9.17) is 14.4 Å². The number of aromatic nitrogens is 2. The van der Waals surface area contributed by atoms with Crippen LogP contribution >= 0.6 is 0 Å². The third-order valence-electron chi connectivity index (χ3n) is 10.9. The van der Waals surface area contributed by atoms with E-state index in [1.165, 1.54) is 21.5 Å². The molecule has 0 aliphatic heterocycles. The number of furan rings is 1. The summed E-state index contributed by atoms with van der Waals surface area (Å²) < 4.78 is 6.79. The van der Waals surface area contributed by atoms with E-state index < -0.39 is 0 Å². The molecule has 2 heterocycles. The molecule has 11 rings (SSSR count). The zero-order valence-corrected chi connectivity index (χ0v) is 30.3. The van der Waals surface area contributed by atoms with Crippen LogP contribution in [0.25, 0.3) is 88.2 Å². The number of nitrogens with zero attached hydrogens (tertiary/aromatic N) is 3. The van der Waals surface area contributed by atoms with Gasteiger partial charge < -0.3 is 9.32 Å². The second-order valence-electron chi connectivity index (χ2n) is 14.1. The van der Waals surface area contributed by atoms with Crippen LogP contribution in [0.4, 0.5) is 17.1 Å². The topological polar surface area (TPSA) is 42.2 Å². The zero-order chi connectivity index (χ0) is 37.0.